The van der Waals surface area contributed by atoms with Gasteiger partial charge in [0.1, 0.15) is 0 Å². The predicted molar refractivity (Wildman–Crippen MR) is 89.1 cm³/mol. The molecule has 2 atom stereocenters. The van der Waals surface area contributed by atoms with Crippen molar-refractivity contribution in [2.75, 3.05) is 33.4 Å². The Bertz CT molecular complexity index is 296. The molecule has 2 fully saturated rings. The van der Waals surface area contributed by atoms with E-state index >= 15 is 0 Å². The third kappa shape index (κ3) is 5.83. The van der Waals surface area contributed by atoms with Crippen LogP contribution in [0.1, 0.15) is 26.2 Å². The normalized spacial score (nSPS) is 26.0. The van der Waals surface area contributed by atoms with E-state index in [0.717, 1.165) is 12.6 Å². The molecule has 6 heteroatoms. The summed E-state index contributed by atoms with van der Waals surface area (Å²) >= 11 is 0. The number of halogens is 1. The Hall–Kier alpha value is -0.0800. The van der Waals surface area contributed by atoms with Gasteiger partial charge in [0, 0.05) is 32.3 Å². The lowest BCUT2D eigenvalue weighted by Crippen LogP contribution is -2.41. The maximum atomic E-state index is 5.86. The van der Waals surface area contributed by atoms with Gasteiger partial charge in [0.25, 0.3) is 0 Å². The number of ether oxygens (including phenoxy) is 1. The Balaban J connectivity index is 0.00000180. The average molecular weight is 382 g/mol. The smallest absolute Gasteiger partial charge is 0.188 e. The summed E-state index contributed by atoms with van der Waals surface area (Å²) in [6.07, 6.45) is 4.06. The van der Waals surface area contributed by atoms with Crippen molar-refractivity contribution in [3.8, 4) is 0 Å². The minimum atomic E-state index is 0. The highest BCUT2D eigenvalue weighted by atomic mass is 127. The number of nitrogens with two attached hydrogens (primary N) is 1. The van der Waals surface area contributed by atoms with Gasteiger partial charge in [-0.05, 0) is 38.6 Å². The van der Waals surface area contributed by atoms with Crippen LogP contribution in [-0.4, -0.2) is 56.3 Å². The van der Waals surface area contributed by atoms with Gasteiger partial charge in [0.05, 0.1) is 6.61 Å². The summed E-state index contributed by atoms with van der Waals surface area (Å²) in [4.78, 5) is 7.05. The van der Waals surface area contributed by atoms with Crippen LogP contribution in [0.3, 0.4) is 0 Å². The lowest BCUT2D eigenvalue weighted by Gasteiger charge is -2.15. The van der Waals surface area contributed by atoms with E-state index < -0.39 is 0 Å². The van der Waals surface area contributed by atoms with Crippen molar-refractivity contribution in [3.63, 3.8) is 0 Å². The molecule has 0 aromatic rings. The number of nitrogens with zero attached hydrogens (tertiary/aromatic N) is 2. The summed E-state index contributed by atoms with van der Waals surface area (Å²) in [5, 5.41) is 3.14. The molecule has 2 rings (SSSR count). The molecule has 2 unspecified atom stereocenters. The molecule has 0 radical (unpaired) electrons. The van der Waals surface area contributed by atoms with Gasteiger partial charge in [-0.25, -0.2) is 0 Å². The van der Waals surface area contributed by atoms with Crippen molar-refractivity contribution in [2.24, 2.45) is 16.6 Å². The highest BCUT2D eigenvalue weighted by Crippen LogP contribution is 2.31. The van der Waals surface area contributed by atoms with Crippen LogP contribution < -0.4 is 11.1 Å². The molecule has 5 nitrogen and oxygen atoms in total. The number of nitrogens with one attached hydrogen (secondary N) is 1. The van der Waals surface area contributed by atoms with Gasteiger partial charge < -0.3 is 20.7 Å². The maximum Gasteiger partial charge on any atom is 0.188 e. The number of hydrogen-bond acceptors (Lipinski definition) is 3. The fraction of sp³-hybridized carbons (Fsp3) is 0.923. The van der Waals surface area contributed by atoms with E-state index in [9.17, 15) is 0 Å². The summed E-state index contributed by atoms with van der Waals surface area (Å²) < 4.78 is 5.05. The second-order valence-electron chi connectivity index (χ2n) is 5.61. The Kier molecular flexibility index (Phi) is 7.38. The van der Waals surface area contributed by atoms with Gasteiger partial charge in [0.2, 0.25) is 0 Å². The van der Waals surface area contributed by atoms with Gasteiger partial charge in [-0.1, -0.05) is 0 Å². The molecule has 0 aromatic heterocycles. The van der Waals surface area contributed by atoms with E-state index in [0.29, 0.717) is 18.5 Å². The third-order valence-electron chi connectivity index (χ3n) is 3.71. The van der Waals surface area contributed by atoms with Crippen molar-refractivity contribution in [1.82, 2.24) is 10.2 Å². The molecule has 0 amide bonds. The third-order valence-corrected chi connectivity index (χ3v) is 3.71. The van der Waals surface area contributed by atoms with Gasteiger partial charge in [-0.2, -0.15) is 0 Å². The van der Waals surface area contributed by atoms with Crippen LogP contribution in [0.5, 0.6) is 0 Å². The quantitative estimate of drug-likeness (QED) is 0.409. The van der Waals surface area contributed by atoms with Crippen LogP contribution in [0.2, 0.25) is 0 Å². The minimum absolute atomic E-state index is 0. The number of aliphatic imine (C=N–C) groups is 1. The maximum absolute atomic E-state index is 5.86. The molecule has 0 bridgehead atoms. The van der Waals surface area contributed by atoms with Crippen molar-refractivity contribution in [3.05, 3.63) is 0 Å². The molecule has 2 aliphatic rings. The standard InChI is InChI=1S/C13H26N4O.HI/c1-10(9-18-2)16-13(14)15-7-11-5-6-17(8-11)12-3-4-12;/h10-12H,3-9H2,1-2H3,(H3,14,15,16);1H. The van der Waals surface area contributed by atoms with Crippen molar-refractivity contribution in [1.29, 1.82) is 0 Å². The van der Waals surface area contributed by atoms with Gasteiger partial charge in [0.15, 0.2) is 5.96 Å². The molecule has 1 saturated heterocycles. The monoisotopic (exact) mass is 382 g/mol. The lowest BCUT2D eigenvalue weighted by atomic mass is 10.1. The minimum Gasteiger partial charge on any atom is -0.383 e. The topological polar surface area (TPSA) is 62.9 Å². The van der Waals surface area contributed by atoms with E-state index in [1.54, 1.807) is 7.11 Å². The zero-order valence-corrected chi connectivity index (χ0v) is 14.3. The molecular weight excluding hydrogens is 355 g/mol. The summed E-state index contributed by atoms with van der Waals surface area (Å²) in [5.41, 5.74) is 5.86. The fourth-order valence-corrected chi connectivity index (χ4v) is 2.60. The van der Waals surface area contributed by atoms with Crippen LogP contribution >= 0.6 is 24.0 Å². The second-order valence-corrected chi connectivity index (χ2v) is 5.61. The van der Waals surface area contributed by atoms with Crippen LogP contribution in [0.25, 0.3) is 0 Å². The number of rotatable bonds is 6. The summed E-state index contributed by atoms with van der Waals surface area (Å²) in [6, 6.07) is 1.10. The number of likely N-dealkylation sites (tertiary alicyclic amines) is 1. The molecular formula is C13H27IN4O. The van der Waals surface area contributed by atoms with Crippen molar-refractivity contribution in [2.45, 2.75) is 38.3 Å². The van der Waals surface area contributed by atoms with E-state index in [2.05, 4.69) is 15.2 Å². The molecule has 3 N–H and O–H groups in total. The Labute approximate surface area is 133 Å². The largest absolute Gasteiger partial charge is 0.383 e. The van der Waals surface area contributed by atoms with Crippen LogP contribution in [-0.2, 0) is 4.74 Å². The molecule has 0 aromatic carbocycles. The molecule has 1 heterocycles. The molecule has 19 heavy (non-hydrogen) atoms. The fourth-order valence-electron chi connectivity index (χ4n) is 2.60. The van der Waals surface area contributed by atoms with Crippen molar-refractivity contribution >= 4 is 29.9 Å². The lowest BCUT2D eigenvalue weighted by molar-refractivity contribution is 0.179. The summed E-state index contributed by atoms with van der Waals surface area (Å²) in [7, 11) is 1.69. The van der Waals surface area contributed by atoms with Gasteiger partial charge >= 0.3 is 0 Å². The molecule has 1 saturated carbocycles. The Morgan fingerprint density at radius 2 is 2.21 bits per heavy atom. The molecule has 1 aliphatic carbocycles. The SMILES string of the molecule is COCC(C)NC(N)=NCC1CCN(C2CC2)C1.I. The van der Waals surface area contributed by atoms with Crippen molar-refractivity contribution < 1.29 is 4.74 Å². The summed E-state index contributed by atoms with van der Waals surface area (Å²) in [5.74, 6) is 1.23. The van der Waals surface area contributed by atoms with Crippen LogP contribution in [0.15, 0.2) is 4.99 Å². The number of methoxy groups -OCH3 is 1. The van der Waals surface area contributed by atoms with E-state index in [1.807, 2.05) is 6.92 Å². The molecule has 112 valence electrons. The zero-order chi connectivity index (χ0) is 13.0. The number of hydrogen-bond donors (Lipinski definition) is 2. The van der Waals surface area contributed by atoms with Crippen LogP contribution in [0, 0.1) is 5.92 Å². The second kappa shape index (κ2) is 8.26. The number of guanidine groups is 1. The first kappa shape index (κ1) is 17.0. The first-order valence-corrected chi connectivity index (χ1v) is 6.98. The van der Waals surface area contributed by atoms with E-state index in [1.165, 1.54) is 32.4 Å². The molecule has 0 spiro atoms. The highest BCUT2D eigenvalue weighted by Gasteiger charge is 2.34. The molecule has 1 aliphatic heterocycles. The summed E-state index contributed by atoms with van der Waals surface area (Å²) in [6.45, 7) is 5.99. The average Bonchev–Trinajstić information content (AvgIpc) is 3.06. The first-order chi connectivity index (χ1) is 8.69. The first-order valence-electron chi connectivity index (χ1n) is 6.98. The highest BCUT2D eigenvalue weighted by molar-refractivity contribution is 14.0. The zero-order valence-electron chi connectivity index (χ0n) is 12.0. The van der Waals surface area contributed by atoms with E-state index in [-0.39, 0.29) is 30.0 Å². The Morgan fingerprint density at radius 3 is 2.84 bits per heavy atom. The predicted octanol–water partition coefficient (Wildman–Crippen LogP) is 1.03. The van der Waals surface area contributed by atoms with Crippen LogP contribution in [0.4, 0.5) is 0 Å². The van der Waals surface area contributed by atoms with Gasteiger partial charge in [-0.15, -0.1) is 24.0 Å². The Morgan fingerprint density at radius 1 is 1.47 bits per heavy atom. The van der Waals surface area contributed by atoms with E-state index in [4.69, 9.17) is 10.5 Å². The van der Waals surface area contributed by atoms with Gasteiger partial charge in [-0.3, -0.25) is 4.99 Å².